The maximum Gasteiger partial charge on any atom is 0.274 e. The van der Waals surface area contributed by atoms with Gasteiger partial charge in [-0.25, -0.2) is 0 Å². The van der Waals surface area contributed by atoms with Gasteiger partial charge in [0.25, 0.3) is 11.8 Å². The van der Waals surface area contributed by atoms with Crippen LogP contribution in [0.1, 0.15) is 20.8 Å². The van der Waals surface area contributed by atoms with Crippen molar-refractivity contribution in [3.05, 3.63) is 53.9 Å². The minimum absolute atomic E-state index is 0.128. The number of carbonyl (C=O) groups is 2. The lowest BCUT2D eigenvalue weighted by atomic mass is 10.2. The van der Waals surface area contributed by atoms with E-state index in [0.29, 0.717) is 43.3 Å². The second-order valence-electron chi connectivity index (χ2n) is 5.49. The summed E-state index contributed by atoms with van der Waals surface area (Å²) in [7, 11) is 1.53. The predicted octanol–water partition coefficient (Wildman–Crippen LogP) is 1.81. The molecule has 2 heterocycles. The van der Waals surface area contributed by atoms with Crippen LogP contribution >= 0.6 is 0 Å². The van der Waals surface area contributed by atoms with Crippen molar-refractivity contribution in [2.24, 2.45) is 0 Å². The van der Waals surface area contributed by atoms with Gasteiger partial charge in [-0.2, -0.15) is 0 Å². The Morgan fingerprint density at radius 2 is 1.96 bits per heavy atom. The van der Waals surface area contributed by atoms with Gasteiger partial charge in [-0.3, -0.25) is 14.6 Å². The molecule has 130 valence electrons. The first-order chi connectivity index (χ1) is 12.2. The third-order valence-electron chi connectivity index (χ3n) is 3.89. The van der Waals surface area contributed by atoms with Crippen molar-refractivity contribution >= 4 is 17.5 Å². The number of nitrogens with one attached hydrogen (secondary N) is 1. The van der Waals surface area contributed by atoms with Crippen molar-refractivity contribution in [1.29, 1.82) is 0 Å². The number of carbonyl (C=O) groups excluding carboxylic acids is 2. The third kappa shape index (κ3) is 3.95. The molecule has 1 fully saturated rings. The molecule has 0 bridgehead atoms. The Hall–Kier alpha value is -2.93. The highest BCUT2D eigenvalue weighted by Gasteiger charge is 2.20. The van der Waals surface area contributed by atoms with E-state index in [4.69, 9.17) is 9.47 Å². The van der Waals surface area contributed by atoms with Crippen LogP contribution in [0, 0.1) is 0 Å². The molecule has 2 amide bonds. The maximum absolute atomic E-state index is 12.5. The molecule has 1 N–H and O–H groups in total. The molecular formula is C18H19N3O4. The third-order valence-corrected chi connectivity index (χ3v) is 3.89. The number of rotatable bonds is 4. The lowest BCUT2D eigenvalue weighted by molar-refractivity contribution is 0.0303. The fraction of sp³-hybridized carbons (Fsp3) is 0.278. The van der Waals surface area contributed by atoms with E-state index in [2.05, 4.69) is 10.3 Å². The average molecular weight is 341 g/mol. The van der Waals surface area contributed by atoms with Crippen molar-refractivity contribution in [2.75, 3.05) is 38.7 Å². The summed E-state index contributed by atoms with van der Waals surface area (Å²) in [6.07, 6.45) is 1.46. The van der Waals surface area contributed by atoms with E-state index in [1.165, 1.54) is 19.4 Å². The number of anilines is 1. The summed E-state index contributed by atoms with van der Waals surface area (Å²) in [4.78, 5) is 30.8. The van der Waals surface area contributed by atoms with Crippen LogP contribution in [0.15, 0.2) is 42.6 Å². The summed E-state index contributed by atoms with van der Waals surface area (Å²) in [6, 6.07) is 10.2. The lowest BCUT2D eigenvalue weighted by Gasteiger charge is -2.26. The number of pyridine rings is 1. The number of para-hydroxylation sites is 2. The Morgan fingerprint density at radius 3 is 2.72 bits per heavy atom. The molecule has 1 saturated heterocycles. The molecule has 7 nitrogen and oxygen atoms in total. The predicted molar refractivity (Wildman–Crippen MR) is 91.9 cm³/mol. The van der Waals surface area contributed by atoms with Crippen molar-refractivity contribution in [3.63, 3.8) is 0 Å². The van der Waals surface area contributed by atoms with E-state index in [0.717, 1.165) is 0 Å². The van der Waals surface area contributed by atoms with Gasteiger partial charge in [0.05, 0.1) is 26.0 Å². The highest BCUT2D eigenvalue weighted by Crippen LogP contribution is 2.23. The standard InChI is InChI=1S/C18H19N3O4/c1-24-16-5-3-2-4-14(16)20-17(22)15-12-13(6-7-19-15)18(23)21-8-10-25-11-9-21/h2-7,12H,8-11H2,1H3,(H,20,22). The summed E-state index contributed by atoms with van der Waals surface area (Å²) in [5.74, 6) is 0.0227. The minimum atomic E-state index is -0.402. The molecule has 0 unspecified atom stereocenters. The molecule has 2 aromatic rings. The Morgan fingerprint density at radius 1 is 1.20 bits per heavy atom. The number of aromatic nitrogens is 1. The summed E-state index contributed by atoms with van der Waals surface area (Å²) in [6.45, 7) is 2.14. The van der Waals surface area contributed by atoms with Crippen LogP contribution in [0.2, 0.25) is 0 Å². The van der Waals surface area contributed by atoms with Gasteiger partial charge in [-0.05, 0) is 24.3 Å². The zero-order valence-electron chi connectivity index (χ0n) is 13.9. The number of ether oxygens (including phenoxy) is 2. The fourth-order valence-corrected chi connectivity index (χ4v) is 2.57. The van der Waals surface area contributed by atoms with Crippen LogP contribution in [0.4, 0.5) is 5.69 Å². The normalized spacial score (nSPS) is 14.0. The highest BCUT2D eigenvalue weighted by atomic mass is 16.5. The molecule has 7 heteroatoms. The second-order valence-corrected chi connectivity index (χ2v) is 5.49. The van der Waals surface area contributed by atoms with Gasteiger partial charge in [-0.15, -0.1) is 0 Å². The fourth-order valence-electron chi connectivity index (χ4n) is 2.57. The highest BCUT2D eigenvalue weighted by molar-refractivity contribution is 6.05. The summed E-state index contributed by atoms with van der Waals surface area (Å²) in [5, 5.41) is 2.75. The molecule has 0 radical (unpaired) electrons. The number of hydrogen-bond donors (Lipinski definition) is 1. The van der Waals surface area contributed by atoms with Crippen LogP contribution in [0.5, 0.6) is 5.75 Å². The number of morpholine rings is 1. The van der Waals surface area contributed by atoms with Crippen molar-refractivity contribution in [2.45, 2.75) is 0 Å². The van der Waals surface area contributed by atoms with Crippen molar-refractivity contribution in [3.8, 4) is 5.75 Å². The monoisotopic (exact) mass is 341 g/mol. The van der Waals surface area contributed by atoms with Crippen molar-refractivity contribution < 1.29 is 19.1 Å². The number of hydrogen-bond acceptors (Lipinski definition) is 5. The van der Waals surface area contributed by atoms with E-state index in [9.17, 15) is 9.59 Å². The molecule has 25 heavy (non-hydrogen) atoms. The smallest absolute Gasteiger partial charge is 0.274 e. The van der Waals surface area contributed by atoms with Gasteiger partial charge in [0.15, 0.2) is 0 Å². The van der Waals surface area contributed by atoms with Gasteiger partial charge in [0, 0.05) is 24.8 Å². The first-order valence-electron chi connectivity index (χ1n) is 7.96. The largest absolute Gasteiger partial charge is 0.495 e. The number of methoxy groups -OCH3 is 1. The quantitative estimate of drug-likeness (QED) is 0.917. The number of benzene rings is 1. The number of amides is 2. The van der Waals surface area contributed by atoms with E-state index >= 15 is 0 Å². The molecule has 0 saturated carbocycles. The van der Waals surface area contributed by atoms with Gasteiger partial charge in [-0.1, -0.05) is 12.1 Å². The Balaban J connectivity index is 1.76. The Labute approximate surface area is 145 Å². The van der Waals surface area contributed by atoms with E-state index in [1.807, 2.05) is 6.07 Å². The zero-order valence-corrected chi connectivity index (χ0v) is 13.9. The number of nitrogens with zero attached hydrogens (tertiary/aromatic N) is 2. The summed E-state index contributed by atoms with van der Waals surface area (Å²) in [5.41, 5.74) is 1.15. The van der Waals surface area contributed by atoms with Crippen LogP contribution in [0.3, 0.4) is 0 Å². The maximum atomic E-state index is 12.5. The van der Waals surface area contributed by atoms with E-state index in [1.54, 1.807) is 29.2 Å². The van der Waals surface area contributed by atoms with Crippen LogP contribution in [0.25, 0.3) is 0 Å². The second kappa shape index (κ2) is 7.76. The van der Waals surface area contributed by atoms with Crippen LogP contribution in [-0.4, -0.2) is 55.1 Å². The Kier molecular flexibility index (Phi) is 5.25. The molecule has 1 aromatic heterocycles. The van der Waals surface area contributed by atoms with Gasteiger partial charge in [0.1, 0.15) is 11.4 Å². The van der Waals surface area contributed by atoms with Crippen LogP contribution < -0.4 is 10.1 Å². The molecule has 1 aromatic carbocycles. The molecule has 3 rings (SSSR count). The Bertz CT molecular complexity index is 772. The van der Waals surface area contributed by atoms with Crippen molar-refractivity contribution in [1.82, 2.24) is 9.88 Å². The zero-order chi connectivity index (χ0) is 17.6. The van der Waals surface area contributed by atoms with E-state index < -0.39 is 5.91 Å². The average Bonchev–Trinajstić information content (AvgIpc) is 2.68. The first kappa shape index (κ1) is 16.9. The topological polar surface area (TPSA) is 80.8 Å². The molecule has 0 aliphatic carbocycles. The van der Waals surface area contributed by atoms with Gasteiger partial charge in [0.2, 0.25) is 0 Å². The molecule has 0 atom stereocenters. The summed E-state index contributed by atoms with van der Waals surface area (Å²) >= 11 is 0. The minimum Gasteiger partial charge on any atom is -0.495 e. The first-order valence-corrected chi connectivity index (χ1v) is 7.96. The molecule has 1 aliphatic heterocycles. The van der Waals surface area contributed by atoms with Crippen LogP contribution in [-0.2, 0) is 4.74 Å². The molecule has 0 spiro atoms. The van der Waals surface area contributed by atoms with Gasteiger partial charge >= 0.3 is 0 Å². The molecule has 1 aliphatic rings. The molecular weight excluding hydrogens is 322 g/mol. The van der Waals surface area contributed by atoms with E-state index in [-0.39, 0.29) is 11.6 Å². The lowest BCUT2D eigenvalue weighted by Crippen LogP contribution is -2.40. The SMILES string of the molecule is COc1ccccc1NC(=O)c1cc(C(=O)N2CCOCC2)ccn1. The summed E-state index contributed by atoms with van der Waals surface area (Å²) < 4.78 is 10.5. The van der Waals surface area contributed by atoms with Gasteiger partial charge < -0.3 is 19.7 Å².